The third kappa shape index (κ3) is 36.1. The van der Waals surface area contributed by atoms with Gasteiger partial charge in [-0.3, -0.25) is 9.59 Å². The number of allylic oxidation sites excluding steroid dienone is 2. The highest BCUT2D eigenvalue weighted by molar-refractivity contribution is 5.66. The second kappa shape index (κ2) is 29.7. The average molecular weight is 455 g/mol. The molecule has 0 aromatic carbocycles. The van der Waals surface area contributed by atoms with Crippen LogP contribution in [0.1, 0.15) is 155 Å². The summed E-state index contributed by atoms with van der Waals surface area (Å²) in [5.41, 5.74) is 0. The van der Waals surface area contributed by atoms with Gasteiger partial charge in [0.15, 0.2) is 0 Å². The van der Waals surface area contributed by atoms with E-state index in [1.54, 1.807) is 0 Å². The fraction of sp³-hybridized carbons (Fsp3) is 0.857. The zero-order chi connectivity index (χ0) is 24.1. The number of unbranched alkanes of at least 4 members (excludes halogenated alkanes) is 17. The van der Waals surface area contributed by atoms with E-state index in [2.05, 4.69) is 26.0 Å². The van der Waals surface area contributed by atoms with Crippen LogP contribution in [0.3, 0.4) is 0 Å². The molecule has 190 valence electrons. The first-order valence-corrected chi connectivity index (χ1v) is 13.6. The number of carboxylic acid groups (broad SMARTS) is 2. The van der Waals surface area contributed by atoms with Crippen molar-refractivity contribution in [1.82, 2.24) is 0 Å². The topological polar surface area (TPSA) is 74.6 Å². The van der Waals surface area contributed by atoms with Gasteiger partial charge in [-0.2, -0.15) is 0 Å². The van der Waals surface area contributed by atoms with Gasteiger partial charge in [-0.25, -0.2) is 0 Å². The normalized spacial score (nSPS) is 10.8. The molecule has 0 aromatic rings. The smallest absolute Gasteiger partial charge is 0.303 e. The van der Waals surface area contributed by atoms with Crippen LogP contribution in [0, 0.1) is 0 Å². The Morgan fingerprint density at radius 2 is 0.750 bits per heavy atom. The SMILES string of the molecule is CCCCCCCCC=CCCCCCCCC(=O)O.CCCCCCCCCC(=O)O. The van der Waals surface area contributed by atoms with E-state index in [1.807, 2.05) is 0 Å². The van der Waals surface area contributed by atoms with Gasteiger partial charge in [-0.05, 0) is 38.5 Å². The summed E-state index contributed by atoms with van der Waals surface area (Å²) >= 11 is 0. The summed E-state index contributed by atoms with van der Waals surface area (Å²) in [6, 6.07) is 0. The van der Waals surface area contributed by atoms with Gasteiger partial charge < -0.3 is 10.2 Å². The van der Waals surface area contributed by atoms with E-state index < -0.39 is 11.9 Å². The molecule has 0 aromatic heterocycles. The maximum absolute atomic E-state index is 10.3. The Hall–Kier alpha value is -1.32. The number of rotatable bonds is 23. The molecule has 0 saturated heterocycles. The third-order valence-electron chi connectivity index (χ3n) is 5.65. The molecule has 0 fully saturated rings. The molecule has 2 N–H and O–H groups in total. The minimum absolute atomic E-state index is 0.332. The van der Waals surface area contributed by atoms with Gasteiger partial charge >= 0.3 is 11.9 Å². The third-order valence-corrected chi connectivity index (χ3v) is 5.65. The number of hydrogen-bond donors (Lipinski definition) is 2. The molecule has 0 amide bonds. The Morgan fingerprint density at radius 3 is 1.06 bits per heavy atom. The van der Waals surface area contributed by atoms with Gasteiger partial charge in [0, 0.05) is 12.8 Å². The fourth-order valence-electron chi connectivity index (χ4n) is 3.58. The number of aliphatic carboxylic acids is 2. The monoisotopic (exact) mass is 454 g/mol. The van der Waals surface area contributed by atoms with E-state index in [0.717, 1.165) is 25.7 Å². The molecule has 0 aliphatic rings. The first-order chi connectivity index (χ1) is 15.5. The number of carboxylic acids is 2. The van der Waals surface area contributed by atoms with Crippen molar-refractivity contribution in [3.05, 3.63) is 12.2 Å². The Balaban J connectivity index is 0. The van der Waals surface area contributed by atoms with E-state index in [9.17, 15) is 9.59 Å². The van der Waals surface area contributed by atoms with Crippen molar-refractivity contribution in [3.8, 4) is 0 Å². The lowest BCUT2D eigenvalue weighted by Gasteiger charge is -1.99. The highest BCUT2D eigenvalue weighted by Gasteiger charge is 1.96. The molecule has 0 radical (unpaired) electrons. The van der Waals surface area contributed by atoms with Crippen LogP contribution in [0.2, 0.25) is 0 Å². The standard InChI is InChI=1S/C18H34O2.C10H20O2/c1-2-3-4-5-6-7-8-9-10-11-12-13-14-15-16-17-18(19)20;1-2-3-4-5-6-7-8-9-10(11)12/h9-10H,2-8,11-17H2,1H3,(H,19,20);2-9H2,1H3,(H,11,12). The summed E-state index contributed by atoms with van der Waals surface area (Å²) in [6.45, 7) is 4.46. The first-order valence-electron chi connectivity index (χ1n) is 13.6. The van der Waals surface area contributed by atoms with Crippen molar-refractivity contribution < 1.29 is 19.8 Å². The quantitative estimate of drug-likeness (QED) is 0.119. The molecule has 0 saturated carbocycles. The second-order valence-electron chi connectivity index (χ2n) is 8.99. The van der Waals surface area contributed by atoms with Crippen LogP contribution in [-0.2, 0) is 9.59 Å². The Labute approximate surface area is 199 Å². The molecule has 0 spiro atoms. The minimum Gasteiger partial charge on any atom is -0.481 e. The van der Waals surface area contributed by atoms with Crippen LogP contribution < -0.4 is 0 Å². The average Bonchev–Trinajstić information content (AvgIpc) is 2.76. The lowest BCUT2D eigenvalue weighted by molar-refractivity contribution is -0.138. The van der Waals surface area contributed by atoms with E-state index in [-0.39, 0.29) is 0 Å². The van der Waals surface area contributed by atoms with Crippen molar-refractivity contribution >= 4 is 11.9 Å². The minimum atomic E-state index is -0.664. The summed E-state index contributed by atoms with van der Waals surface area (Å²) in [4.78, 5) is 20.5. The molecule has 0 atom stereocenters. The Bertz CT molecular complexity index is 418. The number of hydrogen-bond acceptors (Lipinski definition) is 2. The molecule has 0 rings (SSSR count). The molecular formula is C28H54O4. The lowest BCUT2D eigenvalue weighted by Crippen LogP contribution is -1.93. The predicted molar refractivity (Wildman–Crippen MR) is 137 cm³/mol. The Kier molecular flexibility index (Phi) is 30.5. The van der Waals surface area contributed by atoms with E-state index in [1.165, 1.54) is 103 Å². The summed E-state index contributed by atoms with van der Waals surface area (Å²) in [7, 11) is 0. The fourth-order valence-corrected chi connectivity index (χ4v) is 3.58. The van der Waals surface area contributed by atoms with Gasteiger partial charge in [0.05, 0.1) is 0 Å². The highest BCUT2D eigenvalue weighted by atomic mass is 16.4. The van der Waals surface area contributed by atoms with Crippen LogP contribution in [-0.4, -0.2) is 22.2 Å². The molecule has 0 aliphatic heterocycles. The molecule has 0 unspecified atom stereocenters. The largest absolute Gasteiger partial charge is 0.481 e. The van der Waals surface area contributed by atoms with Crippen LogP contribution in [0.15, 0.2) is 12.2 Å². The van der Waals surface area contributed by atoms with Gasteiger partial charge in [0.25, 0.3) is 0 Å². The predicted octanol–water partition coefficient (Wildman–Crippen LogP) is 9.32. The zero-order valence-electron chi connectivity index (χ0n) is 21.4. The van der Waals surface area contributed by atoms with Crippen molar-refractivity contribution in [1.29, 1.82) is 0 Å². The van der Waals surface area contributed by atoms with Gasteiger partial charge in [0.1, 0.15) is 0 Å². The summed E-state index contributed by atoms with van der Waals surface area (Å²) in [5.74, 6) is -1.33. The molecule has 0 heterocycles. The number of carbonyl (C=O) groups is 2. The molecule has 0 aliphatic carbocycles. The van der Waals surface area contributed by atoms with Gasteiger partial charge in [-0.15, -0.1) is 0 Å². The molecule has 4 heteroatoms. The molecular weight excluding hydrogens is 400 g/mol. The highest BCUT2D eigenvalue weighted by Crippen LogP contribution is 2.10. The molecule has 4 nitrogen and oxygen atoms in total. The summed E-state index contributed by atoms with van der Waals surface area (Å²) in [5, 5.41) is 16.9. The molecule has 0 bridgehead atoms. The second-order valence-corrected chi connectivity index (χ2v) is 8.99. The first kappa shape index (κ1) is 32.9. The maximum Gasteiger partial charge on any atom is 0.303 e. The van der Waals surface area contributed by atoms with E-state index >= 15 is 0 Å². The van der Waals surface area contributed by atoms with Crippen molar-refractivity contribution in [2.45, 2.75) is 155 Å². The Morgan fingerprint density at radius 1 is 0.469 bits per heavy atom. The van der Waals surface area contributed by atoms with Crippen molar-refractivity contribution in [3.63, 3.8) is 0 Å². The van der Waals surface area contributed by atoms with Crippen LogP contribution in [0.25, 0.3) is 0 Å². The maximum atomic E-state index is 10.3. The van der Waals surface area contributed by atoms with E-state index in [0.29, 0.717) is 12.8 Å². The van der Waals surface area contributed by atoms with Gasteiger partial charge in [0.2, 0.25) is 0 Å². The molecule has 32 heavy (non-hydrogen) atoms. The van der Waals surface area contributed by atoms with Gasteiger partial charge in [-0.1, -0.05) is 116 Å². The van der Waals surface area contributed by atoms with Crippen LogP contribution in [0.4, 0.5) is 0 Å². The van der Waals surface area contributed by atoms with E-state index in [4.69, 9.17) is 10.2 Å². The summed E-state index contributed by atoms with van der Waals surface area (Å²) < 4.78 is 0. The van der Waals surface area contributed by atoms with Crippen LogP contribution in [0.5, 0.6) is 0 Å². The van der Waals surface area contributed by atoms with Crippen molar-refractivity contribution in [2.24, 2.45) is 0 Å². The van der Waals surface area contributed by atoms with Crippen LogP contribution >= 0.6 is 0 Å². The zero-order valence-corrected chi connectivity index (χ0v) is 21.4. The summed E-state index contributed by atoms with van der Waals surface area (Å²) in [6.07, 6.45) is 29.9. The lowest BCUT2D eigenvalue weighted by atomic mass is 10.1. The van der Waals surface area contributed by atoms with Crippen molar-refractivity contribution in [2.75, 3.05) is 0 Å².